The van der Waals surface area contributed by atoms with Gasteiger partial charge in [0.05, 0.1) is 41.8 Å². The molecule has 3 aromatic rings. The second-order valence-electron chi connectivity index (χ2n) is 9.46. The molecule has 5 rings (SSSR count). The van der Waals surface area contributed by atoms with Crippen molar-refractivity contribution in [1.29, 1.82) is 0 Å². The number of nitrogens with zero attached hydrogens (tertiary/aromatic N) is 6. The molecule has 0 unspecified atom stereocenters. The van der Waals surface area contributed by atoms with Gasteiger partial charge in [0, 0.05) is 7.05 Å². The molecule has 3 aromatic heterocycles. The Morgan fingerprint density at radius 2 is 2.00 bits per heavy atom. The highest BCUT2D eigenvalue weighted by molar-refractivity contribution is 5.70. The largest absolute Gasteiger partial charge is 0.489 e. The molecule has 2 aliphatic carbocycles. The van der Waals surface area contributed by atoms with Crippen LogP contribution < -0.4 is 10.1 Å². The number of ether oxygens (including phenoxy) is 2. The zero-order valence-electron chi connectivity index (χ0n) is 20.5. The van der Waals surface area contributed by atoms with E-state index in [0.29, 0.717) is 66.8 Å². The van der Waals surface area contributed by atoms with E-state index in [9.17, 15) is 9.90 Å². The molecular weight excluding hydrogens is 466 g/mol. The van der Waals surface area contributed by atoms with Crippen LogP contribution in [0.3, 0.4) is 0 Å². The van der Waals surface area contributed by atoms with Gasteiger partial charge in [-0.1, -0.05) is 5.21 Å². The number of aliphatic carboxylic acids is 1. The molecule has 0 radical (unpaired) electrons. The van der Waals surface area contributed by atoms with Crippen molar-refractivity contribution in [2.45, 2.75) is 77.2 Å². The van der Waals surface area contributed by atoms with Gasteiger partial charge in [-0.3, -0.25) is 4.79 Å². The number of hydrogen-bond acceptors (Lipinski definition) is 10. The van der Waals surface area contributed by atoms with Gasteiger partial charge in [-0.2, -0.15) is 4.98 Å². The maximum absolute atomic E-state index is 11.4. The molecule has 192 valence electrons. The summed E-state index contributed by atoms with van der Waals surface area (Å²) < 4.78 is 18.8. The molecule has 0 bridgehead atoms. The number of rotatable bonds is 10. The molecule has 0 spiro atoms. The minimum absolute atomic E-state index is 0.124. The molecule has 12 heteroatoms. The molecule has 0 saturated heterocycles. The van der Waals surface area contributed by atoms with Crippen LogP contribution in [-0.4, -0.2) is 53.4 Å². The number of aromatic nitrogens is 6. The molecule has 2 N–H and O–H groups in total. The van der Waals surface area contributed by atoms with Crippen molar-refractivity contribution in [3.8, 4) is 17.1 Å². The maximum atomic E-state index is 11.4. The third-order valence-corrected chi connectivity index (χ3v) is 6.87. The first-order chi connectivity index (χ1) is 17.5. The fraction of sp³-hybridized carbons (Fsp3) is 0.583. The summed E-state index contributed by atoms with van der Waals surface area (Å²) in [4.78, 5) is 20.4. The number of anilines is 1. The standard InChI is InChI=1S/C24H31N7O5/c1-14-20(35-17-8-3-5-15(11-17)23(32)33)10-9-18(26-14)22-19(31(2)30-28-22)12-25-24-27-21(36-29-24)13-34-16-6-4-7-16/h9-10,15-17H,3-8,11-13H2,1-2H3,(H,25,29)(H,32,33)/t15-,17-/m0/s1. The van der Waals surface area contributed by atoms with Gasteiger partial charge >= 0.3 is 5.97 Å². The predicted octanol–water partition coefficient (Wildman–Crippen LogP) is 3.27. The number of carboxylic acids is 1. The summed E-state index contributed by atoms with van der Waals surface area (Å²) in [5.41, 5.74) is 2.83. The minimum atomic E-state index is -0.753. The molecule has 2 fully saturated rings. The molecule has 12 nitrogen and oxygen atoms in total. The molecule has 0 aromatic carbocycles. The van der Waals surface area contributed by atoms with Crippen LogP contribution in [0.1, 0.15) is 62.2 Å². The first-order valence-corrected chi connectivity index (χ1v) is 12.4. The minimum Gasteiger partial charge on any atom is -0.489 e. The highest BCUT2D eigenvalue weighted by Crippen LogP contribution is 2.30. The van der Waals surface area contributed by atoms with Crippen molar-refractivity contribution in [2.75, 3.05) is 5.32 Å². The van der Waals surface area contributed by atoms with Crippen LogP contribution in [0.25, 0.3) is 11.4 Å². The van der Waals surface area contributed by atoms with E-state index < -0.39 is 5.97 Å². The van der Waals surface area contributed by atoms with Crippen molar-refractivity contribution < 1.29 is 23.9 Å². The lowest BCUT2D eigenvalue weighted by Gasteiger charge is -2.27. The van der Waals surface area contributed by atoms with E-state index in [-0.39, 0.29) is 12.0 Å². The van der Waals surface area contributed by atoms with Crippen LogP contribution in [0.15, 0.2) is 16.7 Å². The second kappa shape index (κ2) is 10.6. The van der Waals surface area contributed by atoms with Crippen molar-refractivity contribution in [3.05, 3.63) is 29.4 Å². The van der Waals surface area contributed by atoms with Crippen molar-refractivity contribution >= 4 is 11.9 Å². The number of aryl methyl sites for hydroxylation is 2. The SMILES string of the molecule is Cc1nc(-c2nnn(C)c2CNc2noc(COC3CCC3)n2)ccc1O[C@H]1CCC[C@H](C(=O)O)C1. The number of carbonyl (C=O) groups is 1. The molecular formula is C24H31N7O5. The van der Waals surface area contributed by atoms with E-state index >= 15 is 0 Å². The van der Waals surface area contributed by atoms with Crippen LogP contribution in [0.4, 0.5) is 5.95 Å². The van der Waals surface area contributed by atoms with E-state index in [1.807, 2.05) is 26.1 Å². The predicted molar refractivity (Wildman–Crippen MR) is 127 cm³/mol. The summed E-state index contributed by atoms with van der Waals surface area (Å²) in [6, 6.07) is 3.71. The lowest BCUT2D eigenvalue weighted by atomic mass is 9.87. The Kier molecular flexibility index (Phi) is 7.12. The Bertz CT molecular complexity index is 1210. The molecule has 2 aliphatic rings. The van der Waals surface area contributed by atoms with E-state index in [1.54, 1.807) is 4.68 Å². The molecule has 36 heavy (non-hydrogen) atoms. The van der Waals surface area contributed by atoms with Crippen LogP contribution in [0.5, 0.6) is 5.75 Å². The van der Waals surface area contributed by atoms with Crippen LogP contribution in [0, 0.1) is 12.8 Å². The Labute approximate surface area is 208 Å². The highest BCUT2D eigenvalue weighted by Gasteiger charge is 2.28. The zero-order chi connectivity index (χ0) is 25.1. The fourth-order valence-electron chi connectivity index (χ4n) is 4.51. The Morgan fingerprint density at radius 1 is 1.19 bits per heavy atom. The summed E-state index contributed by atoms with van der Waals surface area (Å²) in [7, 11) is 1.81. The molecule has 2 atom stereocenters. The maximum Gasteiger partial charge on any atom is 0.306 e. The average Bonchev–Trinajstić information content (AvgIpc) is 3.44. The van der Waals surface area contributed by atoms with Gasteiger partial charge in [0.2, 0.25) is 0 Å². The van der Waals surface area contributed by atoms with Gasteiger partial charge in [0.15, 0.2) is 0 Å². The van der Waals surface area contributed by atoms with Gasteiger partial charge in [-0.05, 0) is 69.2 Å². The summed E-state index contributed by atoms with van der Waals surface area (Å²) in [5, 5.41) is 24.9. The van der Waals surface area contributed by atoms with E-state index in [4.69, 9.17) is 19.0 Å². The van der Waals surface area contributed by atoms with Crippen molar-refractivity contribution in [3.63, 3.8) is 0 Å². The van der Waals surface area contributed by atoms with Gasteiger partial charge < -0.3 is 24.4 Å². The van der Waals surface area contributed by atoms with Gasteiger partial charge in [-0.25, -0.2) is 9.67 Å². The molecule has 3 heterocycles. The lowest BCUT2D eigenvalue weighted by molar-refractivity contribution is -0.143. The number of nitrogens with one attached hydrogen (secondary N) is 1. The van der Waals surface area contributed by atoms with E-state index in [0.717, 1.165) is 31.4 Å². The fourth-order valence-corrected chi connectivity index (χ4v) is 4.51. The van der Waals surface area contributed by atoms with E-state index in [2.05, 4.69) is 25.8 Å². The normalized spacial score (nSPS) is 20.2. The Hall–Kier alpha value is -3.54. The second-order valence-corrected chi connectivity index (χ2v) is 9.46. The number of pyridine rings is 1. The first kappa shape index (κ1) is 24.2. The third kappa shape index (κ3) is 5.48. The topological polar surface area (TPSA) is 150 Å². The van der Waals surface area contributed by atoms with Crippen LogP contribution in [-0.2, 0) is 29.7 Å². The average molecular weight is 498 g/mol. The summed E-state index contributed by atoms with van der Waals surface area (Å²) in [6.07, 6.45) is 6.46. The summed E-state index contributed by atoms with van der Waals surface area (Å²) in [6.45, 7) is 2.56. The molecule has 0 aliphatic heterocycles. The van der Waals surface area contributed by atoms with Crippen LogP contribution in [0.2, 0.25) is 0 Å². The Morgan fingerprint density at radius 3 is 2.75 bits per heavy atom. The lowest BCUT2D eigenvalue weighted by Crippen LogP contribution is -2.29. The third-order valence-electron chi connectivity index (χ3n) is 6.87. The zero-order valence-corrected chi connectivity index (χ0v) is 20.5. The number of hydrogen-bond donors (Lipinski definition) is 2. The molecule has 2 saturated carbocycles. The van der Waals surface area contributed by atoms with Crippen molar-refractivity contribution in [2.24, 2.45) is 13.0 Å². The summed E-state index contributed by atoms with van der Waals surface area (Å²) in [5.74, 6) is 0.359. The van der Waals surface area contributed by atoms with Crippen LogP contribution >= 0.6 is 0 Å². The van der Waals surface area contributed by atoms with Gasteiger partial charge in [-0.15, -0.1) is 5.10 Å². The van der Waals surface area contributed by atoms with E-state index in [1.165, 1.54) is 6.42 Å². The Balaban J connectivity index is 1.22. The first-order valence-electron chi connectivity index (χ1n) is 12.4. The molecule has 0 amide bonds. The quantitative estimate of drug-likeness (QED) is 0.425. The highest BCUT2D eigenvalue weighted by atomic mass is 16.5. The van der Waals surface area contributed by atoms with Gasteiger partial charge in [0.25, 0.3) is 11.8 Å². The van der Waals surface area contributed by atoms with Gasteiger partial charge in [0.1, 0.15) is 18.1 Å². The number of carboxylic acid groups (broad SMARTS) is 1. The van der Waals surface area contributed by atoms with Crippen molar-refractivity contribution in [1.82, 2.24) is 30.1 Å². The smallest absolute Gasteiger partial charge is 0.306 e. The summed E-state index contributed by atoms with van der Waals surface area (Å²) >= 11 is 0. The monoisotopic (exact) mass is 497 g/mol.